The summed E-state index contributed by atoms with van der Waals surface area (Å²) in [6.45, 7) is 4.70. The number of benzene rings is 2. The third-order valence-electron chi connectivity index (χ3n) is 6.14. The van der Waals surface area contributed by atoms with Gasteiger partial charge in [0.15, 0.2) is 11.5 Å². The Bertz CT molecular complexity index is 1230. The smallest absolute Gasteiger partial charge is 0.409 e. The number of fused-ring (bicyclic) bond motifs is 1. The Morgan fingerprint density at radius 1 is 1.16 bits per heavy atom. The van der Waals surface area contributed by atoms with Gasteiger partial charge < -0.3 is 29.7 Å². The Hall–Kier alpha value is -4.05. The summed E-state index contributed by atoms with van der Waals surface area (Å²) < 4.78 is 16.4. The van der Waals surface area contributed by atoms with Crippen LogP contribution in [0.1, 0.15) is 25.5 Å². The monoisotopic (exact) mass is 507 g/mol. The van der Waals surface area contributed by atoms with Gasteiger partial charge in [-0.05, 0) is 44.0 Å². The number of likely N-dealkylation sites (tertiary alicyclic amines) is 1. The first-order chi connectivity index (χ1) is 18.1. The Balaban J connectivity index is 1.22. The molecule has 4 rings (SSSR count). The Morgan fingerprint density at radius 2 is 1.97 bits per heavy atom. The number of hydrogen-bond acceptors (Lipinski definition) is 7. The number of para-hydroxylation sites is 1. The lowest BCUT2D eigenvalue weighted by molar-refractivity contribution is -0.111. The molecule has 1 aromatic heterocycles. The van der Waals surface area contributed by atoms with E-state index in [9.17, 15) is 9.59 Å². The normalized spacial score (nSPS) is 14.2. The SMILES string of the molecule is CCOC(=O)N1CCC(NCCOc2ccc(NC(=O)/C=C/c3n[nH]c4ccccc34)cc2OC)CC1. The third kappa shape index (κ3) is 7.01. The van der Waals surface area contributed by atoms with Gasteiger partial charge >= 0.3 is 6.09 Å². The highest BCUT2D eigenvalue weighted by atomic mass is 16.6. The average Bonchev–Trinajstić information content (AvgIpc) is 3.34. The number of aromatic amines is 1. The highest BCUT2D eigenvalue weighted by Gasteiger charge is 2.23. The summed E-state index contributed by atoms with van der Waals surface area (Å²) in [5.74, 6) is 0.849. The molecule has 37 heavy (non-hydrogen) atoms. The lowest BCUT2D eigenvalue weighted by atomic mass is 10.1. The largest absolute Gasteiger partial charge is 0.493 e. The van der Waals surface area contributed by atoms with Crippen molar-refractivity contribution >= 4 is 34.7 Å². The second-order valence-electron chi connectivity index (χ2n) is 8.61. The van der Waals surface area contributed by atoms with Gasteiger partial charge in [0.2, 0.25) is 5.91 Å². The summed E-state index contributed by atoms with van der Waals surface area (Å²) >= 11 is 0. The van der Waals surface area contributed by atoms with E-state index in [0.29, 0.717) is 61.8 Å². The van der Waals surface area contributed by atoms with E-state index >= 15 is 0 Å². The zero-order chi connectivity index (χ0) is 26.0. The first-order valence-corrected chi connectivity index (χ1v) is 12.5. The molecule has 0 unspecified atom stereocenters. The maximum Gasteiger partial charge on any atom is 0.409 e. The van der Waals surface area contributed by atoms with E-state index in [0.717, 1.165) is 23.7 Å². The van der Waals surface area contributed by atoms with Gasteiger partial charge in [-0.15, -0.1) is 0 Å². The number of anilines is 1. The second kappa shape index (κ2) is 12.8. The Morgan fingerprint density at radius 3 is 2.76 bits per heavy atom. The molecule has 2 heterocycles. The van der Waals surface area contributed by atoms with Crippen molar-refractivity contribution in [2.45, 2.75) is 25.8 Å². The maximum absolute atomic E-state index is 12.4. The van der Waals surface area contributed by atoms with Gasteiger partial charge in [0, 0.05) is 48.9 Å². The van der Waals surface area contributed by atoms with Crippen molar-refractivity contribution < 1.29 is 23.8 Å². The quantitative estimate of drug-likeness (QED) is 0.282. The van der Waals surface area contributed by atoms with Crippen molar-refractivity contribution in [2.24, 2.45) is 0 Å². The summed E-state index contributed by atoms with van der Waals surface area (Å²) in [7, 11) is 1.56. The molecule has 3 aromatic rings. The molecular formula is C27H33N5O5. The molecule has 0 bridgehead atoms. The summed E-state index contributed by atoms with van der Waals surface area (Å²) in [5, 5.41) is 14.5. The van der Waals surface area contributed by atoms with Crippen LogP contribution in [0.25, 0.3) is 17.0 Å². The molecule has 2 aromatic carbocycles. The van der Waals surface area contributed by atoms with Crippen LogP contribution >= 0.6 is 0 Å². The number of amides is 2. The number of carbonyl (C=O) groups excluding carboxylic acids is 2. The minimum absolute atomic E-state index is 0.238. The molecule has 0 aliphatic carbocycles. The fraction of sp³-hybridized carbons (Fsp3) is 0.370. The van der Waals surface area contributed by atoms with E-state index in [1.807, 2.05) is 31.2 Å². The molecule has 1 aliphatic rings. The molecule has 196 valence electrons. The molecule has 0 saturated carbocycles. The summed E-state index contributed by atoms with van der Waals surface area (Å²) in [6, 6.07) is 13.3. The van der Waals surface area contributed by atoms with Gasteiger partial charge in [0.1, 0.15) is 6.61 Å². The first kappa shape index (κ1) is 26.0. The highest BCUT2D eigenvalue weighted by Crippen LogP contribution is 2.30. The van der Waals surface area contributed by atoms with E-state index in [1.165, 1.54) is 6.08 Å². The average molecular weight is 508 g/mol. The molecule has 10 heteroatoms. The fourth-order valence-electron chi connectivity index (χ4n) is 4.22. The van der Waals surface area contributed by atoms with Crippen LogP contribution in [0.5, 0.6) is 11.5 Å². The van der Waals surface area contributed by atoms with Crippen LogP contribution in [0.3, 0.4) is 0 Å². The van der Waals surface area contributed by atoms with Gasteiger partial charge in [-0.1, -0.05) is 18.2 Å². The third-order valence-corrected chi connectivity index (χ3v) is 6.14. The van der Waals surface area contributed by atoms with Crippen molar-refractivity contribution in [3.05, 3.63) is 54.2 Å². The van der Waals surface area contributed by atoms with Crippen molar-refractivity contribution in [1.29, 1.82) is 0 Å². The standard InChI is InChI=1S/C27H33N5O5/c1-3-36-27(34)32-15-12-19(13-16-32)28-14-17-37-24-10-8-20(18-25(24)35-2)29-26(33)11-9-23-21-6-4-5-7-22(21)30-31-23/h4-11,18-19,28H,3,12-17H2,1-2H3,(H,29,33)(H,30,31)/b11-9+. The Labute approximate surface area is 216 Å². The minimum Gasteiger partial charge on any atom is -0.493 e. The van der Waals surface area contributed by atoms with Crippen molar-refractivity contribution in [2.75, 3.05) is 45.3 Å². The van der Waals surface area contributed by atoms with Gasteiger partial charge in [-0.3, -0.25) is 9.89 Å². The minimum atomic E-state index is -0.277. The molecule has 0 spiro atoms. The predicted molar refractivity (Wildman–Crippen MR) is 142 cm³/mol. The zero-order valence-corrected chi connectivity index (χ0v) is 21.2. The summed E-state index contributed by atoms with van der Waals surface area (Å²) in [6.07, 6.45) is 4.64. The van der Waals surface area contributed by atoms with Gasteiger partial charge in [-0.2, -0.15) is 5.10 Å². The van der Waals surface area contributed by atoms with E-state index in [-0.39, 0.29) is 12.0 Å². The lowest BCUT2D eigenvalue weighted by Crippen LogP contribution is -2.45. The van der Waals surface area contributed by atoms with Crippen LogP contribution in [0.4, 0.5) is 10.5 Å². The molecule has 0 atom stereocenters. The molecule has 1 aliphatic heterocycles. The molecule has 3 N–H and O–H groups in total. The van der Waals surface area contributed by atoms with Crippen molar-refractivity contribution in [3.8, 4) is 11.5 Å². The molecule has 1 saturated heterocycles. The van der Waals surface area contributed by atoms with E-state index in [1.54, 1.807) is 36.3 Å². The van der Waals surface area contributed by atoms with Crippen molar-refractivity contribution in [1.82, 2.24) is 20.4 Å². The van der Waals surface area contributed by atoms with Crippen LogP contribution in [0.2, 0.25) is 0 Å². The van der Waals surface area contributed by atoms with Crippen LogP contribution in [-0.2, 0) is 9.53 Å². The number of rotatable bonds is 10. The molecule has 0 radical (unpaired) electrons. The first-order valence-electron chi connectivity index (χ1n) is 12.5. The van der Waals surface area contributed by atoms with Crippen molar-refractivity contribution in [3.63, 3.8) is 0 Å². The number of nitrogens with one attached hydrogen (secondary N) is 3. The molecule has 1 fully saturated rings. The lowest BCUT2D eigenvalue weighted by Gasteiger charge is -2.31. The predicted octanol–water partition coefficient (Wildman–Crippen LogP) is 3.81. The van der Waals surface area contributed by atoms with Crippen LogP contribution in [-0.4, -0.2) is 73.1 Å². The molecular weight excluding hydrogens is 474 g/mol. The van der Waals surface area contributed by atoms with Gasteiger partial charge in [-0.25, -0.2) is 4.79 Å². The number of nitrogens with zero attached hydrogens (tertiary/aromatic N) is 2. The fourth-order valence-corrected chi connectivity index (χ4v) is 4.22. The van der Waals surface area contributed by atoms with E-state index < -0.39 is 0 Å². The number of aromatic nitrogens is 2. The zero-order valence-electron chi connectivity index (χ0n) is 21.2. The topological polar surface area (TPSA) is 118 Å². The van der Waals surface area contributed by atoms with E-state index in [4.69, 9.17) is 14.2 Å². The highest BCUT2D eigenvalue weighted by molar-refractivity contribution is 6.03. The van der Waals surface area contributed by atoms with Crippen LogP contribution < -0.4 is 20.1 Å². The van der Waals surface area contributed by atoms with E-state index in [2.05, 4.69) is 20.8 Å². The number of carbonyl (C=O) groups is 2. The van der Waals surface area contributed by atoms with Gasteiger partial charge in [0.25, 0.3) is 0 Å². The Kier molecular flexibility index (Phi) is 8.98. The van der Waals surface area contributed by atoms with Crippen LogP contribution in [0, 0.1) is 0 Å². The number of piperidine rings is 1. The number of methoxy groups -OCH3 is 1. The van der Waals surface area contributed by atoms with Crippen LogP contribution in [0.15, 0.2) is 48.5 Å². The number of hydrogen-bond donors (Lipinski definition) is 3. The second-order valence-corrected chi connectivity index (χ2v) is 8.61. The van der Waals surface area contributed by atoms with Gasteiger partial charge in [0.05, 0.1) is 24.9 Å². The number of ether oxygens (including phenoxy) is 3. The summed E-state index contributed by atoms with van der Waals surface area (Å²) in [5.41, 5.74) is 2.21. The summed E-state index contributed by atoms with van der Waals surface area (Å²) in [4.78, 5) is 26.0. The molecule has 2 amide bonds. The molecule has 10 nitrogen and oxygen atoms in total. The number of H-pyrrole nitrogens is 1. The maximum atomic E-state index is 12.4.